The molecule has 2 aromatic rings. The predicted molar refractivity (Wildman–Crippen MR) is 89.3 cm³/mol. The second-order valence-corrected chi connectivity index (χ2v) is 6.00. The molecule has 3 rings (SSSR count). The van der Waals surface area contributed by atoms with Gasteiger partial charge in [0.15, 0.2) is 11.5 Å². The van der Waals surface area contributed by atoms with Crippen molar-refractivity contribution in [2.45, 2.75) is 25.7 Å². The number of halogens is 1. The number of amides is 2. The Morgan fingerprint density at radius 1 is 1.28 bits per heavy atom. The van der Waals surface area contributed by atoms with Crippen LogP contribution in [0.25, 0.3) is 11.3 Å². The number of hydrogen-bond donors (Lipinski definition) is 1. The van der Waals surface area contributed by atoms with Crippen LogP contribution in [0.3, 0.4) is 0 Å². The molecule has 0 bridgehead atoms. The summed E-state index contributed by atoms with van der Waals surface area (Å²) in [5, 5.41) is 6.41. The Balaban J connectivity index is 1.55. The van der Waals surface area contributed by atoms with E-state index in [1.54, 1.807) is 23.1 Å². The highest BCUT2D eigenvalue weighted by atomic mass is 19.1. The van der Waals surface area contributed by atoms with E-state index >= 15 is 0 Å². The van der Waals surface area contributed by atoms with Crippen LogP contribution in [0.4, 0.5) is 4.39 Å². The third kappa shape index (κ3) is 4.23. The van der Waals surface area contributed by atoms with E-state index < -0.39 is 11.7 Å². The molecule has 0 aliphatic carbocycles. The fourth-order valence-corrected chi connectivity index (χ4v) is 2.84. The van der Waals surface area contributed by atoms with Gasteiger partial charge in [0.25, 0.3) is 5.91 Å². The van der Waals surface area contributed by atoms with E-state index in [1.165, 1.54) is 12.1 Å². The van der Waals surface area contributed by atoms with Gasteiger partial charge in [-0.25, -0.2) is 4.39 Å². The van der Waals surface area contributed by atoms with Crippen molar-refractivity contribution in [1.82, 2.24) is 15.4 Å². The summed E-state index contributed by atoms with van der Waals surface area (Å²) in [4.78, 5) is 25.8. The van der Waals surface area contributed by atoms with Crippen LogP contribution in [0.1, 0.15) is 36.2 Å². The Labute approximate surface area is 145 Å². The number of nitrogens with one attached hydrogen (secondary N) is 1. The van der Waals surface area contributed by atoms with Gasteiger partial charge in [0, 0.05) is 32.1 Å². The first kappa shape index (κ1) is 17.1. The monoisotopic (exact) mass is 345 g/mol. The Morgan fingerprint density at radius 3 is 2.96 bits per heavy atom. The molecule has 1 aromatic carbocycles. The Morgan fingerprint density at radius 2 is 2.12 bits per heavy atom. The maximum Gasteiger partial charge on any atom is 0.273 e. The lowest BCUT2D eigenvalue weighted by atomic mass is 10.1. The first-order valence-electron chi connectivity index (χ1n) is 8.43. The molecule has 7 heteroatoms. The molecule has 132 valence electrons. The normalized spacial score (nSPS) is 15.1. The SMILES string of the molecule is O=C(NCCN1CCCCCC1=O)c1cc(-c2ccccc2F)on1. The van der Waals surface area contributed by atoms with Crippen LogP contribution in [0.5, 0.6) is 0 Å². The zero-order chi connectivity index (χ0) is 17.6. The van der Waals surface area contributed by atoms with Crippen LogP contribution in [0, 0.1) is 5.82 Å². The maximum absolute atomic E-state index is 13.7. The van der Waals surface area contributed by atoms with Crippen molar-refractivity contribution in [3.8, 4) is 11.3 Å². The zero-order valence-electron chi connectivity index (χ0n) is 13.8. The summed E-state index contributed by atoms with van der Waals surface area (Å²) in [5.41, 5.74) is 0.338. The quantitative estimate of drug-likeness (QED) is 0.904. The van der Waals surface area contributed by atoms with Gasteiger partial charge in [-0.05, 0) is 25.0 Å². The largest absolute Gasteiger partial charge is 0.355 e. The fourth-order valence-electron chi connectivity index (χ4n) is 2.84. The summed E-state index contributed by atoms with van der Waals surface area (Å²) in [7, 11) is 0. The molecule has 2 amide bonds. The van der Waals surface area contributed by atoms with Gasteiger partial charge in [-0.3, -0.25) is 9.59 Å². The summed E-state index contributed by atoms with van der Waals surface area (Å²) in [6.07, 6.45) is 3.56. The van der Waals surface area contributed by atoms with Crippen molar-refractivity contribution in [2.24, 2.45) is 0 Å². The molecule has 0 atom stereocenters. The van der Waals surface area contributed by atoms with Crippen molar-refractivity contribution < 1.29 is 18.5 Å². The van der Waals surface area contributed by atoms with Crippen molar-refractivity contribution in [3.05, 3.63) is 41.8 Å². The van der Waals surface area contributed by atoms with Gasteiger partial charge < -0.3 is 14.7 Å². The number of rotatable bonds is 5. The number of likely N-dealkylation sites (tertiary alicyclic amines) is 1. The number of carbonyl (C=O) groups is 2. The van der Waals surface area contributed by atoms with E-state index in [1.807, 2.05) is 0 Å². The van der Waals surface area contributed by atoms with Crippen molar-refractivity contribution >= 4 is 11.8 Å². The first-order valence-corrected chi connectivity index (χ1v) is 8.43. The average Bonchev–Trinajstić information content (AvgIpc) is 3.01. The van der Waals surface area contributed by atoms with Crippen molar-refractivity contribution in [2.75, 3.05) is 19.6 Å². The number of benzene rings is 1. The Bertz CT molecular complexity index is 760. The van der Waals surface area contributed by atoms with E-state index in [-0.39, 0.29) is 22.9 Å². The zero-order valence-corrected chi connectivity index (χ0v) is 13.8. The van der Waals surface area contributed by atoms with Gasteiger partial charge in [-0.2, -0.15) is 0 Å². The highest BCUT2D eigenvalue weighted by molar-refractivity contribution is 5.93. The van der Waals surface area contributed by atoms with Crippen LogP contribution in [-0.2, 0) is 4.79 Å². The lowest BCUT2D eigenvalue weighted by Crippen LogP contribution is -2.38. The Hall–Kier alpha value is -2.70. The molecule has 2 heterocycles. The lowest BCUT2D eigenvalue weighted by Gasteiger charge is -2.20. The third-order valence-electron chi connectivity index (χ3n) is 4.22. The molecule has 1 aliphatic rings. The summed E-state index contributed by atoms with van der Waals surface area (Å²) < 4.78 is 18.8. The summed E-state index contributed by atoms with van der Waals surface area (Å²) in [6, 6.07) is 7.54. The highest BCUT2D eigenvalue weighted by Gasteiger charge is 2.18. The number of aromatic nitrogens is 1. The molecular weight excluding hydrogens is 325 g/mol. The summed E-state index contributed by atoms with van der Waals surface area (Å²) in [5.74, 6) is -0.514. The average molecular weight is 345 g/mol. The molecule has 0 radical (unpaired) electrons. The minimum Gasteiger partial charge on any atom is -0.355 e. The van der Waals surface area contributed by atoms with E-state index in [4.69, 9.17) is 4.52 Å². The second-order valence-electron chi connectivity index (χ2n) is 6.00. The lowest BCUT2D eigenvalue weighted by molar-refractivity contribution is -0.130. The Kier molecular flexibility index (Phi) is 5.42. The van der Waals surface area contributed by atoms with E-state index in [9.17, 15) is 14.0 Å². The molecule has 1 fully saturated rings. The molecule has 1 N–H and O–H groups in total. The van der Waals surface area contributed by atoms with E-state index in [0.717, 1.165) is 25.8 Å². The third-order valence-corrected chi connectivity index (χ3v) is 4.22. The number of carbonyl (C=O) groups excluding carboxylic acids is 2. The minimum absolute atomic E-state index is 0.0837. The molecular formula is C18H20FN3O3. The highest BCUT2D eigenvalue weighted by Crippen LogP contribution is 2.23. The van der Waals surface area contributed by atoms with Gasteiger partial charge in [-0.15, -0.1) is 0 Å². The molecule has 0 saturated carbocycles. The maximum atomic E-state index is 13.7. The molecule has 1 aromatic heterocycles. The smallest absolute Gasteiger partial charge is 0.273 e. The van der Waals surface area contributed by atoms with Gasteiger partial charge in [-0.1, -0.05) is 23.7 Å². The topological polar surface area (TPSA) is 75.4 Å². The van der Waals surface area contributed by atoms with Gasteiger partial charge in [0.2, 0.25) is 5.91 Å². The number of hydrogen-bond acceptors (Lipinski definition) is 4. The van der Waals surface area contributed by atoms with E-state index in [2.05, 4.69) is 10.5 Å². The van der Waals surface area contributed by atoms with Crippen LogP contribution in [0.15, 0.2) is 34.9 Å². The predicted octanol–water partition coefficient (Wildman–Crippen LogP) is 2.61. The molecule has 0 spiro atoms. The molecule has 25 heavy (non-hydrogen) atoms. The molecule has 0 unspecified atom stereocenters. The van der Waals surface area contributed by atoms with Gasteiger partial charge in [0.05, 0.1) is 5.56 Å². The van der Waals surface area contributed by atoms with Crippen LogP contribution < -0.4 is 5.32 Å². The van der Waals surface area contributed by atoms with Crippen molar-refractivity contribution in [3.63, 3.8) is 0 Å². The molecule has 1 aliphatic heterocycles. The summed E-state index contributed by atoms with van der Waals surface area (Å²) >= 11 is 0. The minimum atomic E-state index is -0.440. The van der Waals surface area contributed by atoms with Gasteiger partial charge >= 0.3 is 0 Å². The van der Waals surface area contributed by atoms with Crippen LogP contribution >= 0.6 is 0 Å². The van der Waals surface area contributed by atoms with Gasteiger partial charge in [0.1, 0.15) is 5.82 Å². The fraction of sp³-hybridized carbons (Fsp3) is 0.389. The van der Waals surface area contributed by atoms with E-state index in [0.29, 0.717) is 19.5 Å². The molecule has 1 saturated heterocycles. The molecule has 6 nitrogen and oxygen atoms in total. The van der Waals surface area contributed by atoms with Crippen LogP contribution in [-0.4, -0.2) is 41.5 Å². The number of nitrogens with zero attached hydrogens (tertiary/aromatic N) is 2. The van der Waals surface area contributed by atoms with Crippen LogP contribution in [0.2, 0.25) is 0 Å². The van der Waals surface area contributed by atoms with Crippen molar-refractivity contribution in [1.29, 1.82) is 0 Å². The summed E-state index contributed by atoms with van der Waals surface area (Å²) in [6.45, 7) is 1.55. The second kappa shape index (κ2) is 7.92. The standard InChI is InChI=1S/C18H20FN3O3/c19-14-7-4-3-6-13(14)16-12-15(21-25-16)18(24)20-9-11-22-10-5-1-2-8-17(22)23/h3-4,6-7,12H,1-2,5,8-11H2,(H,20,24). The first-order chi connectivity index (χ1) is 12.1.